The second-order valence-corrected chi connectivity index (χ2v) is 8.76. The van der Waals surface area contributed by atoms with E-state index in [1.165, 1.54) is 21.0 Å². The number of aromatic nitrogens is 2. The number of oxime groups is 1. The Morgan fingerprint density at radius 3 is 2.71 bits per heavy atom. The summed E-state index contributed by atoms with van der Waals surface area (Å²) in [7, 11) is -3.58. The molecule has 31 heavy (non-hydrogen) atoms. The fourth-order valence-electron chi connectivity index (χ4n) is 3.11. The average molecular weight is 449 g/mol. The molecule has 0 spiro atoms. The van der Waals surface area contributed by atoms with Gasteiger partial charge in [0.05, 0.1) is 19.4 Å². The second-order valence-electron chi connectivity index (χ2n) is 6.91. The molecule has 0 radical (unpaired) electrons. The number of ether oxygens (including phenoxy) is 1. The van der Waals surface area contributed by atoms with Crippen molar-refractivity contribution in [1.82, 2.24) is 14.3 Å². The van der Waals surface area contributed by atoms with E-state index in [9.17, 15) is 8.42 Å². The molecule has 0 atom stereocenters. The van der Waals surface area contributed by atoms with Gasteiger partial charge in [-0.1, -0.05) is 5.16 Å². The predicted molar refractivity (Wildman–Crippen MR) is 119 cm³/mol. The zero-order chi connectivity index (χ0) is 22.1. The SMILES string of the molecule is CCO/N=C/c1ccc(OCCCCCN2CCN(c3cc(N)ncn3)S2(=O)=O)cc1. The fourth-order valence-corrected chi connectivity index (χ4v) is 4.71. The maximum atomic E-state index is 12.7. The Morgan fingerprint density at radius 1 is 1.16 bits per heavy atom. The number of benzene rings is 1. The maximum Gasteiger partial charge on any atom is 0.305 e. The van der Waals surface area contributed by atoms with E-state index < -0.39 is 10.2 Å². The quantitative estimate of drug-likeness (QED) is 0.317. The van der Waals surface area contributed by atoms with Crippen LogP contribution in [-0.2, 0) is 15.0 Å². The Morgan fingerprint density at radius 2 is 1.97 bits per heavy atom. The van der Waals surface area contributed by atoms with Gasteiger partial charge in [-0.05, 0) is 56.0 Å². The van der Waals surface area contributed by atoms with E-state index in [1.807, 2.05) is 31.2 Å². The molecule has 0 aliphatic carbocycles. The van der Waals surface area contributed by atoms with Crippen molar-refractivity contribution in [3.05, 3.63) is 42.2 Å². The molecule has 2 heterocycles. The van der Waals surface area contributed by atoms with Crippen LogP contribution in [-0.4, -0.2) is 61.8 Å². The van der Waals surface area contributed by atoms with Crippen LogP contribution in [0.2, 0.25) is 0 Å². The molecule has 1 aromatic heterocycles. The smallest absolute Gasteiger partial charge is 0.305 e. The van der Waals surface area contributed by atoms with Crippen molar-refractivity contribution in [2.24, 2.45) is 5.16 Å². The third kappa shape index (κ3) is 6.28. The van der Waals surface area contributed by atoms with Crippen molar-refractivity contribution in [2.75, 3.05) is 42.9 Å². The van der Waals surface area contributed by atoms with Gasteiger partial charge in [-0.2, -0.15) is 12.7 Å². The molecule has 11 heteroatoms. The van der Waals surface area contributed by atoms with Gasteiger partial charge in [-0.3, -0.25) is 0 Å². The van der Waals surface area contributed by atoms with Crippen LogP contribution in [0.15, 0.2) is 41.8 Å². The Balaban J connectivity index is 1.36. The molecular weight excluding hydrogens is 420 g/mol. The molecule has 0 unspecified atom stereocenters. The summed E-state index contributed by atoms with van der Waals surface area (Å²) in [5.74, 6) is 1.33. The highest BCUT2D eigenvalue weighted by molar-refractivity contribution is 7.90. The van der Waals surface area contributed by atoms with Crippen molar-refractivity contribution in [2.45, 2.75) is 26.2 Å². The minimum atomic E-state index is -3.58. The number of unbranched alkanes of at least 4 members (excludes halogenated alkanes) is 2. The predicted octanol–water partition coefficient (Wildman–Crippen LogP) is 2.05. The van der Waals surface area contributed by atoms with Gasteiger partial charge >= 0.3 is 10.2 Å². The van der Waals surface area contributed by atoms with Crippen LogP contribution in [0.4, 0.5) is 11.6 Å². The van der Waals surface area contributed by atoms with E-state index in [2.05, 4.69) is 15.1 Å². The molecule has 0 amide bonds. The van der Waals surface area contributed by atoms with Crippen LogP contribution < -0.4 is 14.8 Å². The molecule has 1 aromatic carbocycles. The van der Waals surface area contributed by atoms with Crippen LogP contribution >= 0.6 is 0 Å². The highest BCUT2D eigenvalue weighted by Crippen LogP contribution is 2.24. The van der Waals surface area contributed by atoms with E-state index >= 15 is 0 Å². The molecule has 10 nitrogen and oxygen atoms in total. The van der Waals surface area contributed by atoms with Crippen LogP contribution in [0.1, 0.15) is 31.7 Å². The topological polar surface area (TPSA) is 123 Å². The van der Waals surface area contributed by atoms with E-state index in [4.69, 9.17) is 15.3 Å². The van der Waals surface area contributed by atoms with Gasteiger partial charge in [0.1, 0.15) is 30.3 Å². The second kappa shape index (κ2) is 10.9. The molecule has 0 bridgehead atoms. The zero-order valence-corrected chi connectivity index (χ0v) is 18.4. The van der Waals surface area contributed by atoms with Crippen molar-refractivity contribution >= 4 is 28.1 Å². The molecule has 1 aliphatic heterocycles. The van der Waals surface area contributed by atoms with Gasteiger partial charge in [-0.15, -0.1) is 0 Å². The standard InChI is InChI=1S/C20H28N6O4S/c1-2-30-24-15-17-6-8-18(9-7-17)29-13-5-3-4-10-25-11-12-26(31(25,27)28)20-14-19(21)22-16-23-20/h6-9,14-16H,2-5,10-13H2,1H3,(H2,21,22,23)/b24-15+. The van der Waals surface area contributed by atoms with Crippen molar-refractivity contribution in [3.8, 4) is 5.75 Å². The molecule has 0 saturated carbocycles. The van der Waals surface area contributed by atoms with Crippen molar-refractivity contribution in [1.29, 1.82) is 0 Å². The van der Waals surface area contributed by atoms with E-state index in [1.54, 1.807) is 6.21 Å². The first-order valence-electron chi connectivity index (χ1n) is 10.2. The van der Waals surface area contributed by atoms with Gasteiger partial charge in [0.25, 0.3) is 0 Å². The molecular formula is C20H28N6O4S. The normalized spacial score (nSPS) is 16.1. The molecule has 1 fully saturated rings. The summed E-state index contributed by atoms with van der Waals surface area (Å²) in [4.78, 5) is 12.8. The van der Waals surface area contributed by atoms with Crippen molar-refractivity contribution in [3.63, 3.8) is 0 Å². The first-order valence-corrected chi connectivity index (χ1v) is 11.6. The average Bonchev–Trinajstić information content (AvgIpc) is 3.05. The highest BCUT2D eigenvalue weighted by atomic mass is 32.2. The molecule has 2 aromatic rings. The Bertz CT molecular complexity index is 968. The van der Waals surface area contributed by atoms with E-state index in [0.717, 1.165) is 30.6 Å². The number of anilines is 2. The maximum absolute atomic E-state index is 12.7. The Labute approximate surface area is 182 Å². The Kier molecular flexibility index (Phi) is 8.01. The summed E-state index contributed by atoms with van der Waals surface area (Å²) in [5, 5.41) is 3.83. The summed E-state index contributed by atoms with van der Waals surface area (Å²) in [6.45, 7) is 4.24. The van der Waals surface area contributed by atoms with Gasteiger partial charge in [0.2, 0.25) is 0 Å². The monoisotopic (exact) mass is 448 g/mol. The summed E-state index contributed by atoms with van der Waals surface area (Å²) in [5.41, 5.74) is 6.58. The van der Waals surface area contributed by atoms with Crippen LogP contribution in [0.25, 0.3) is 0 Å². The fraction of sp³-hybridized carbons (Fsp3) is 0.450. The summed E-state index contributed by atoms with van der Waals surface area (Å²) in [6, 6.07) is 9.06. The molecule has 1 aliphatic rings. The lowest BCUT2D eigenvalue weighted by atomic mass is 10.2. The number of nitrogen functional groups attached to an aromatic ring is 1. The lowest BCUT2D eigenvalue weighted by Gasteiger charge is -2.19. The third-order valence-corrected chi connectivity index (χ3v) is 6.64. The number of nitrogens with zero attached hydrogens (tertiary/aromatic N) is 5. The summed E-state index contributed by atoms with van der Waals surface area (Å²) >= 11 is 0. The molecule has 1 saturated heterocycles. The molecule has 3 rings (SSSR count). The van der Waals surface area contributed by atoms with Gasteiger partial charge < -0.3 is 15.3 Å². The number of nitrogens with two attached hydrogens (primary N) is 1. The third-order valence-electron chi connectivity index (χ3n) is 4.69. The van der Waals surface area contributed by atoms with E-state index in [0.29, 0.717) is 38.7 Å². The van der Waals surface area contributed by atoms with E-state index in [-0.39, 0.29) is 5.82 Å². The first kappa shape index (κ1) is 22.8. The van der Waals surface area contributed by atoms with Gasteiger partial charge in [-0.25, -0.2) is 14.3 Å². The molecule has 168 valence electrons. The van der Waals surface area contributed by atoms with Crippen LogP contribution in [0.3, 0.4) is 0 Å². The number of rotatable bonds is 11. The summed E-state index contributed by atoms with van der Waals surface area (Å²) < 4.78 is 34.0. The number of hydrogen-bond donors (Lipinski definition) is 1. The van der Waals surface area contributed by atoms with Gasteiger partial charge in [0, 0.05) is 19.2 Å². The van der Waals surface area contributed by atoms with Crippen LogP contribution in [0.5, 0.6) is 5.75 Å². The first-order chi connectivity index (χ1) is 15.0. The summed E-state index contributed by atoms with van der Waals surface area (Å²) in [6.07, 6.45) is 5.39. The zero-order valence-electron chi connectivity index (χ0n) is 17.6. The largest absolute Gasteiger partial charge is 0.494 e. The lowest BCUT2D eigenvalue weighted by Crippen LogP contribution is -2.34. The molecule has 2 N–H and O–H groups in total. The van der Waals surface area contributed by atoms with Crippen molar-refractivity contribution < 1.29 is 18.0 Å². The highest BCUT2D eigenvalue weighted by Gasteiger charge is 2.37. The number of hydrogen-bond acceptors (Lipinski definition) is 8. The minimum absolute atomic E-state index is 0.243. The Hall–Kier alpha value is -2.92. The minimum Gasteiger partial charge on any atom is -0.494 e. The van der Waals surface area contributed by atoms with Crippen LogP contribution in [0, 0.1) is 0 Å². The lowest BCUT2D eigenvalue weighted by molar-refractivity contribution is 0.160. The van der Waals surface area contributed by atoms with Gasteiger partial charge in [0.15, 0.2) is 0 Å².